The van der Waals surface area contributed by atoms with Gasteiger partial charge in [0.1, 0.15) is 23.9 Å². The van der Waals surface area contributed by atoms with Gasteiger partial charge in [0.15, 0.2) is 0 Å². The average Bonchev–Trinajstić information content (AvgIpc) is 3.34. The third kappa shape index (κ3) is 2.44. The monoisotopic (exact) mass is 346 g/mol. The summed E-state index contributed by atoms with van der Waals surface area (Å²) in [6, 6.07) is 13.6. The minimum absolute atomic E-state index is 0.683. The minimum atomic E-state index is -0.710. The van der Waals surface area contributed by atoms with E-state index in [-0.39, 0.29) is 0 Å². The highest BCUT2D eigenvalue weighted by Gasteiger charge is 2.23. The molecule has 7 heteroatoms. The van der Waals surface area contributed by atoms with E-state index in [4.69, 9.17) is 0 Å². The molecule has 1 aliphatic heterocycles. The van der Waals surface area contributed by atoms with Crippen LogP contribution in [0.4, 0.5) is 5.82 Å². The van der Waals surface area contributed by atoms with Crippen molar-refractivity contribution in [2.24, 2.45) is 0 Å². The van der Waals surface area contributed by atoms with E-state index in [1.807, 2.05) is 53.3 Å². The second kappa shape index (κ2) is 5.96. The van der Waals surface area contributed by atoms with Crippen LogP contribution in [0, 0.1) is 0 Å². The number of aliphatic hydroxyl groups is 1. The van der Waals surface area contributed by atoms with E-state index < -0.39 is 6.10 Å². The van der Waals surface area contributed by atoms with Gasteiger partial charge in [-0.3, -0.25) is 4.68 Å². The van der Waals surface area contributed by atoms with Crippen molar-refractivity contribution in [3.05, 3.63) is 71.9 Å². The number of benzene rings is 1. The summed E-state index contributed by atoms with van der Waals surface area (Å²) in [6.07, 6.45) is 2.76. The maximum atomic E-state index is 10.6. The number of nitrogens with one attached hydrogen (secondary N) is 1. The van der Waals surface area contributed by atoms with Crippen molar-refractivity contribution < 1.29 is 5.11 Å². The molecule has 4 heterocycles. The predicted octanol–water partition coefficient (Wildman–Crippen LogP) is 2.26. The molecule has 1 unspecified atom stereocenters. The third-order valence-electron chi connectivity index (χ3n) is 4.84. The molecule has 26 heavy (non-hydrogen) atoms. The minimum Gasteiger partial charge on any atom is -0.382 e. The summed E-state index contributed by atoms with van der Waals surface area (Å²) < 4.78 is 1.98. The van der Waals surface area contributed by atoms with Crippen LogP contribution in [0.25, 0.3) is 11.0 Å². The highest BCUT2D eigenvalue weighted by atomic mass is 16.3. The van der Waals surface area contributed by atoms with Crippen molar-refractivity contribution in [2.45, 2.75) is 19.2 Å². The molecular formula is C19H18N6O. The number of hydrogen-bond donors (Lipinski definition) is 2. The number of H-pyrrole nitrogens is 1. The summed E-state index contributed by atoms with van der Waals surface area (Å²) >= 11 is 0. The number of nitrogens with zero attached hydrogens (tertiary/aromatic N) is 5. The Balaban J connectivity index is 1.45. The molecule has 0 radical (unpaired) electrons. The smallest absolute Gasteiger partial charge is 0.142 e. The summed E-state index contributed by atoms with van der Waals surface area (Å²) in [5.74, 6) is 0.925. The first-order valence-electron chi connectivity index (χ1n) is 8.62. The van der Waals surface area contributed by atoms with Gasteiger partial charge in [0.2, 0.25) is 0 Å². The van der Waals surface area contributed by atoms with Crippen molar-refractivity contribution >= 4 is 16.9 Å². The molecule has 0 bridgehead atoms. The first kappa shape index (κ1) is 15.1. The van der Waals surface area contributed by atoms with E-state index in [0.29, 0.717) is 12.2 Å². The van der Waals surface area contributed by atoms with Gasteiger partial charge in [-0.1, -0.05) is 30.3 Å². The van der Waals surface area contributed by atoms with Crippen LogP contribution < -0.4 is 4.90 Å². The van der Waals surface area contributed by atoms with Crippen LogP contribution in [-0.2, 0) is 13.1 Å². The molecular weight excluding hydrogens is 328 g/mol. The van der Waals surface area contributed by atoms with E-state index in [9.17, 15) is 5.11 Å². The second-order valence-electron chi connectivity index (χ2n) is 6.46. The first-order valence-corrected chi connectivity index (χ1v) is 8.62. The number of fused-ring (bicyclic) bond motifs is 2. The molecule has 1 atom stereocenters. The van der Waals surface area contributed by atoms with Crippen LogP contribution in [0.1, 0.15) is 23.1 Å². The van der Waals surface area contributed by atoms with Gasteiger partial charge in [0, 0.05) is 12.7 Å². The van der Waals surface area contributed by atoms with Gasteiger partial charge in [-0.05, 0) is 17.7 Å². The van der Waals surface area contributed by atoms with Gasteiger partial charge in [-0.25, -0.2) is 9.97 Å². The van der Waals surface area contributed by atoms with E-state index >= 15 is 0 Å². The Bertz CT molecular complexity index is 1050. The Kier molecular flexibility index (Phi) is 3.46. The van der Waals surface area contributed by atoms with Crippen molar-refractivity contribution in [1.29, 1.82) is 0 Å². The molecule has 7 nitrogen and oxygen atoms in total. The van der Waals surface area contributed by atoms with Gasteiger partial charge in [0.05, 0.1) is 29.9 Å². The molecule has 0 spiro atoms. The van der Waals surface area contributed by atoms with Gasteiger partial charge < -0.3 is 15.0 Å². The SMILES string of the molecule is OC(c1ccccc1)c1cc2n(n1)CCN(c1ncnc3[nH]ccc13)C2. The molecule has 0 saturated heterocycles. The fourth-order valence-electron chi connectivity index (χ4n) is 3.52. The molecule has 1 aliphatic rings. The lowest BCUT2D eigenvalue weighted by molar-refractivity contribution is 0.214. The van der Waals surface area contributed by atoms with Gasteiger partial charge in [-0.2, -0.15) is 5.10 Å². The molecule has 3 aromatic heterocycles. The number of hydrogen-bond acceptors (Lipinski definition) is 5. The fraction of sp³-hybridized carbons (Fsp3) is 0.211. The summed E-state index contributed by atoms with van der Waals surface area (Å²) in [5.41, 5.74) is 3.45. The van der Waals surface area contributed by atoms with E-state index in [0.717, 1.165) is 41.2 Å². The Morgan fingerprint density at radius 2 is 1.96 bits per heavy atom. The van der Waals surface area contributed by atoms with E-state index in [1.54, 1.807) is 6.33 Å². The van der Waals surface area contributed by atoms with Crippen molar-refractivity contribution in [2.75, 3.05) is 11.4 Å². The third-order valence-corrected chi connectivity index (χ3v) is 4.84. The predicted molar refractivity (Wildman–Crippen MR) is 97.7 cm³/mol. The molecule has 0 fully saturated rings. The molecule has 2 N–H and O–H groups in total. The lowest BCUT2D eigenvalue weighted by atomic mass is 10.1. The molecule has 4 aromatic rings. The van der Waals surface area contributed by atoms with E-state index in [2.05, 4.69) is 25.0 Å². The molecule has 0 amide bonds. The van der Waals surface area contributed by atoms with Crippen molar-refractivity contribution in [3.63, 3.8) is 0 Å². The summed E-state index contributed by atoms with van der Waals surface area (Å²) in [5, 5.41) is 16.3. The summed E-state index contributed by atoms with van der Waals surface area (Å²) in [6.45, 7) is 2.27. The summed E-state index contributed by atoms with van der Waals surface area (Å²) in [7, 11) is 0. The molecule has 0 aliphatic carbocycles. The Morgan fingerprint density at radius 1 is 1.08 bits per heavy atom. The maximum absolute atomic E-state index is 10.6. The average molecular weight is 346 g/mol. The molecule has 5 rings (SSSR count). The molecule has 130 valence electrons. The van der Waals surface area contributed by atoms with Crippen LogP contribution in [0.15, 0.2) is 55.0 Å². The Hall–Kier alpha value is -3.19. The van der Waals surface area contributed by atoms with Crippen LogP contribution in [0.2, 0.25) is 0 Å². The standard InChI is InChI=1S/C19H18N6O/c26-17(13-4-2-1-3-5-13)16-10-14-11-24(8-9-25(14)23-16)19-15-6-7-20-18(15)21-12-22-19/h1-7,10,12,17,26H,8-9,11H2,(H,20,21,22). The molecule has 0 saturated carbocycles. The number of aromatic amines is 1. The zero-order chi connectivity index (χ0) is 17.5. The van der Waals surface area contributed by atoms with Crippen molar-refractivity contribution in [1.82, 2.24) is 24.7 Å². The van der Waals surface area contributed by atoms with Gasteiger partial charge in [-0.15, -0.1) is 0 Å². The number of aliphatic hydroxyl groups excluding tert-OH is 1. The highest BCUT2D eigenvalue weighted by molar-refractivity contribution is 5.87. The normalized spacial score (nSPS) is 15.2. The zero-order valence-corrected chi connectivity index (χ0v) is 14.1. The van der Waals surface area contributed by atoms with Crippen molar-refractivity contribution in [3.8, 4) is 0 Å². The Labute approximate surface area is 149 Å². The lowest BCUT2D eigenvalue weighted by Crippen LogP contribution is -2.34. The van der Waals surface area contributed by atoms with E-state index in [1.165, 1.54) is 0 Å². The lowest BCUT2D eigenvalue weighted by Gasteiger charge is -2.28. The quantitative estimate of drug-likeness (QED) is 0.594. The molecule has 1 aromatic carbocycles. The highest BCUT2D eigenvalue weighted by Crippen LogP contribution is 2.28. The maximum Gasteiger partial charge on any atom is 0.142 e. The second-order valence-corrected chi connectivity index (χ2v) is 6.46. The zero-order valence-electron chi connectivity index (χ0n) is 14.1. The van der Waals surface area contributed by atoms with Crippen LogP contribution >= 0.6 is 0 Å². The number of rotatable bonds is 3. The van der Waals surface area contributed by atoms with Crippen LogP contribution in [0.3, 0.4) is 0 Å². The first-order chi connectivity index (χ1) is 12.8. The number of anilines is 1. The van der Waals surface area contributed by atoms with Gasteiger partial charge >= 0.3 is 0 Å². The summed E-state index contributed by atoms with van der Waals surface area (Å²) in [4.78, 5) is 14.1. The number of aromatic nitrogens is 5. The topological polar surface area (TPSA) is 82.9 Å². The van der Waals surface area contributed by atoms with Crippen LogP contribution in [-0.4, -0.2) is 36.4 Å². The largest absolute Gasteiger partial charge is 0.382 e. The Morgan fingerprint density at radius 3 is 2.85 bits per heavy atom. The van der Waals surface area contributed by atoms with Gasteiger partial charge in [0.25, 0.3) is 0 Å². The fourth-order valence-corrected chi connectivity index (χ4v) is 3.52. The van der Waals surface area contributed by atoms with Crippen LogP contribution in [0.5, 0.6) is 0 Å².